The highest BCUT2D eigenvalue weighted by Crippen LogP contribution is 2.38. The third kappa shape index (κ3) is 5.08. The summed E-state index contributed by atoms with van der Waals surface area (Å²) in [5.41, 5.74) is 0.979. The molecule has 0 aliphatic carbocycles. The lowest BCUT2D eigenvalue weighted by Gasteiger charge is -2.38. The van der Waals surface area contributed by atoms with E-state index in [1.807, 2.05) is 32.2 Å². The van der Waals surface area contributed by atoms with Crippen LogP contribution in [-0.4, -0.2) is 39.3 Å². The molecule has 23 heavy (non-hydrogen) atoms. The second-order valence-corrected chi connectivity index (χ2v) is 6.46. The standard InChI is InChI=1S/C17H25ClN2O2.ClH/c1-13(11-19-2)16(21)20-12-17(7-9-22-10-8-17)14-5-3-4-6-15(14)18;/h3-6,13,19H,7-12H2,1-2H3,(H,20,21);1H. The molecule has 2 rings (SSSR count). The normalized spacial score (nSPS) is 17.9. The first kappa shape index (κ1) is 20.2. The van der Waals surface area contributed by atoms with Crippen LogP contribution < -0.4 is 10.6 Å². The number of nitrogens with one attached hydrogen (secondary N) is 2. The van der Waals surface area contributed by atoms with Crippen molar-refractivity contribution in [3.05, 3.63) is 34.9 Å². The van der Waals surface area contributed by atoms with Crippen LogP contribution in [0.25, 0.3) is 0 Å². The van der Waals surface area contributed by atoms with Crippen LogP contribution in [-0.2, 0) is 14.9 Å². The zero-order valence-corrected chi connectivity index (χ0v) is 15.3. The summed E-state index contributed by atoms with van der Waals surface area (Å²) in [6, 6.07) is 7.92. The molecule has 1 fully saturated rings. The van der Waals surface area contributed by atoms with Crippen molar-refractivity contribution in [2.75, 3.05) is 33.4 Å². The fraction of sp³-hybridized carbons (Fsp3) is 0.588. The van der Waals surface area contributed by atoms with E-state index in [-0.39, 0.29) is 29.6 Å². The van der Waals surface area contributed by atoms with Crippen molar-refractivity contribution in [2.45, 2.75) is 25.2 Å². The van der Waals surface area contributed by atoms with Crippen molar-refractivity contribution in [3.8, 4) is 0 Å². The Kier molecular flexibility index (Phi) is 8.34. The van der Waals surface area contributed by atoms with Crippen molar-refractivity contribution in [1.29, 1.82) is 0 Å². The topological polar surface area (TPSA) is 50.4 Å². The summed E-state index contributed by atoms with van der Waals surface area (Å²) in [6.07, 6.45) is 1.74. The first-order chi connectivity index (χ1) is 10.6. The molecule has 130 valence electrons. The smallest absolute Gasteiger partial charge is 0.224 e. The Balaban J connectivity index is 0.00000264. The van der Waals surface area contributed by atoms with E-state index in [1.54, 1.807) is 0 Å². The van der Waals surface area contributed by atoms with E-state index in [9.17, 15) is 4.79 Å². The Morgan fingerprint density at radius 1 is 1.35 bits per heavy atom. The quantitative estimate of drug-likeness (QED) is 0.819. The maximum Gasteiger partial charge on any atom is 0.224 e. The van der Waals surface area contributed by atoms with Gasteiger partial charge in [-0.3, -0.25) is 4.79 Å². The number of halogens is 2. The lowest BCUT2D eigenvalue weighted by molar-refractivity contribution is -0.124. The molecule has 0 spiro atoms. The molecule has 4 nitrogen and oxygen atoms in total. The molecule has 1 atom stereocenters. The molecule has 0 aromatic heterocycles. The highest BCUT2D eigenvalue weighted by molar-refractivity contribution is 6.31. The first-order valence-electron chi connectivity index (χ1n) is 7.84. The van der Waals surface area contributed by atoms with Crippen LogP contribution in [0.5, 0.6) is 0 Å². The number of benzene rings is 1. The van der Waals surface area contributed by atoms with Gasteiger partial charge in [0.1, 0.15) is 0 Å². The maximum absolute atomic E-state index is 12.2. The fourth-order valence-corrected chi connectivity index (χ4v) is 3.36. The zero-order valence-electron chi connectivity index (χ0n) is 13.7. The summed E-state index contributed by atoms with van der Waals surface area (Å²) in [5.74, 6) is 0.0282. The van der Waals surface area contributed by atoms with Gasteiger partial charge in [0.05, 0.1) is 0 Å². The summed E-state index contributed by atoms with van der Waals surface area (Å²) in [5, 5.41) is 6.91. The van der Waals surface area contributed by atoms with E-state index in [4.69, 9.17) is 16.3 Å². The van der Waals surface area contributed by atoms with Crippen LogP contribution in [0.2, 0.25) is 5.02 Å². The highest BCUT2D eigenvalue weighted by atomic mass is 35.5. The van der Waals surface area contributed by atoms with E-state index < -0.39 is 0 Å². The molecule has 1 aromatic rings. The summed E-state index contributed by atoms with van der Waals surface area (Å²) in [4.78, 5) is 12.2. The minimum atomic E-state index is -0.133. The number of carbonyl (C=O) groups excluding carboxylic acids is 1. The molecule has 6 heteroatoms. The monoisotopic (exact) mass is 360 g/mol. The Labute approximate surface area is 149 Å². The molecule has 1 amide bonds. The van der Waals surface area contributed by atoms with E-state index in [2.05, 4.69) is 16.7 Å². The van der Waals surface area contributed by atoms with Gasteiger partial charge in [-0.25, -0.2) is 0 Å². The molecule has 1 aliphatic rings. The predicted octanol–water partition coefficient (Wildman–Crippen LogP) is 2.78. The van der Waals surface area contributed by atoms with Gasteiger partial charge in [-0.05, 0) is 31.5 Å². The molecule has 1 heterocycles. The largest absolute Gasteiger partial charge is 0.381 e. The number of rotatable bonds is 6. The van der Waals surface area contributed by atoms with Gasteiger partial charge >= 0.3 is 0 Å². The van der Waals surface area contributed by atoms with Crippen LogP contribution in [0, 0.1) is 5.92 Å². The second-order valence-electron chi connectivity index (χ2n) is 6.05. The van der Waals surface area contributed by atoms with Crippen molar-refractivity contribution in [3.63, 3.8) is 0 Å². The average Bonchev–Trinajstić information content (AvgIpc) is 2.54. The van der Waals surface area contributed by atoms with Crippen molar-refractivity contribution < 1.29 is 9.53 Å². The third-order valence-electron chi connectivity index (χ3n) is 4.45. The van der Waals surface area contributed by atoms with Crippen molar-refractivity contribution in [2.24, 2.45) is 5.92 Å². The zero-order chi connectivity index (χ0) is 16.0. The molecular formula is C17H26Cl2N2O2. The van der Waals surface area contributed by atoms with Gasteiger partial charge in [-0.15, -0.1) is 12.4 Å². The van der Waals surface area contributed by atoms with Crippen molar-refractivity contribution in [1.82, 2.24) is 10.6 Å². The number of ether oxygens (including phenoxy) is 1. The SMILES string of the molecule is CNCC(C)C(=O)NCC1(c2ccccc2Cl)CCOCC1.Cl. The molecule has 0 bridgehead atoms. The number of carbonyl (C=O) groups is 1. The number of hydrogen-bond donors (Lipinski definition) is 2. The Morgan fingerprint density at radius 3 is 2.61 bits per heavy atom. The summed E-state index contributed by atoms with van der Waals surface area (Å²) < 4.78 is 5.51. The predicted molar refractivity (Wildman–Crippen MR) is 96.5 cm³/mol. The van der Waals surface area contributed by atoms with E-state index >= 15 is 0 Å². The van der Waals surface area contributed by atoms with E-state index in [0.29, 0.717) is 26.3 Å². The molecule has 2 N–H and O–H groups in total. The molecule has 1 aliphatic heterocycles. The lowest BCUT2D eigenvalue weighted by Crippen LogP contribution is -2.46. The number of hydrogen-bond acceptors (Lipinski definition) is 3. The van der Waals surface area contributed by atoms with Gasteiger partial charge in [-0.1, -0.05) is 36.7 Å². The third-order valence-corrected chi connectivity index (χ3v) is 4.78. The van der Waals surface area contributed by atoms with Gasteiger partial charge in [0.2, 0.25) is 5.91 Å². The average molecular weight is 361 g/mol. The fourth-order valence-electron chi connectivity index (χ4n) is 3.02. The van der Waals surface area contributed by atoms with Gasteiger partial charge < -0.3 is 15.4 Å². The van der Waals surface area contributed by atoms with Crippen LogP contribution in [0.1, 0.15) is 25.3 Å². The minimum absolute atomic E-state index is 0. The van der Waals surface area contributed by atoms with Crippen LogP contribution in [0.15, 0.2) is 24.3 Å². The summed E-state index contributed by atoms with van der Waals surface area (Å²) in [7, 11) is 1.85. The van der Waals surface area contributed by atoms with Gasteiger partial charge in [0, 0.05) is 42.7 Å². The van der Waals surface area contributed by atoms with Crippen LogP contribution in [0.3, 0.4) is 0 Å². The highest BCUT2D eigenvalue weighted by Gasteiger charge is 2.36. The first-order valence-corrected chi connectivity index (χ1v) is 8.22. The van der Waals surface area contributed by atoms with Gasteiger partial charge in [0.25, 0.3) is 0 Å². The number of amides is 1. The lowest BCUT2D eigenvalue weighted by atomic mass is 9.74. The maximum atomic E-state index is 12.2. The Bertz CT molecular complexity index is 505. The molecule has 0 saturated carbocycles. The van der Waals surface area contributed by atoms with Crippen LogP contribution in [0.4, 0.5) is 0 Å². The summed E-state index contributed by atoms with van der Waals surface area (Å²) in [6.45, 7) is 4.61. The van der Waals surface area contributed by atoms with E-state index in [0.717, 1.165) is 23.4 Å². The molecular weight excluding hydrogens is 335 g/mol. The molecule has 0 radical (unpaired) electrons. The van der Waals surface area contributed by atoms with E-state index in [1.165, 1.54) is 0 Å². The van der Waals surface area contributed by atoms with Gasteiger partial charge in [-0.2, -0.15) is 0 Å². The van der Waals surface area contributed by atoms with Crippen LogP contribution >= 0.6 is 24.0 Å². The minimum Gasteiger partial charge on any atom is -0.381 e. The summed E-state index contributed by atoms with van der Waals surface area (Å²) >= 11 is 6.41. The molecule has 1 aromatic carbocycles. The molecule has 1 saturated heterocycles. The Hall–Kier alpha value is -0.810. The van der Waals surface area contributed by atoms with Gasteiger partial charge in [0.15, 0.2) is 0 Å². The van der Waals surface area contributed by atoms with Crippen molar-refractivity contribution >= 4 is 29.9 Å². The molecule has 1 unspecified atom stereocenters. The second kappa shape index (κ2) is 9.48. The Morgan fingerprint density at radius 2 is 2.00 bits per heavy atom.